The molecule has 120 valence electrons. The van der Waals surface area contributed by atoms with Gasteiger partial charge >= 0.3 is 0 Å². The molecular formula is C19H23N3O. The van der Waals surface area contributed by atoms with Gasteiger partial charge in [0.15, 0.2) is 0 Å². The van der Waals surface area contributed by atoms with Crippen LogP contribution in [0, 0.1) is 6.92 Å². The number of nitrogens with one attached hydrogen (secondary N) is 1. The van der Waals surface area contributed by atoms with Gasteiger partial charge in [-0.25, -0.2) is 4.98 Å². The quantitative estimate of drug-likeness (QED) is 0.945. The van der Waals surface area contributed by atoms with Crippen LogP contribution in [-0.2, 0) is 0 Å². The van der Waals surface area contributed by atoms with Crippen LogP contribution in [0.1, 0.15) is 35.8 Å². The van der Waals surface area contributed by atoms with Crippen molar-refractivity contribution in [1.29, 1.82) is 0 Å². The first-order valence-corrected chi connectivity index (χ1v) is 8.43. The highest BCUT2D eigenvalue weighted by molar-refractivity contribution is 5.62. The van der Waals surface area contributed by atoms with E-state index in [1.807, 2.05) is 18.3 Å². The molecule has 23 heavy (non-hydrogen) atoms. The number of benzene rings is 1. The van der Waals surface area contributed by atoms with Crippen LogP contribution in [0.4, 0.5) is 0 Å². The maximum Gasteiger partial charge on any atom is 0.127 e. The monoisotopic (exact) mass is 309 g/mol. The van der Waals surface area contributed by atoms with Crippen molar-refractivity contribution in [2.75, 3.05) is 26.2 Å². The van der Waals surface area contributed by atoms with Crippen LogP contribution in [-0.4, -0.2) is 41.1 Å². The van der Waals surface area contributed by atoms with Crippen molar-refractivity contribution in [3.63, 3.8) is 0 Å². The summed E-state index contributed by atoms with van der Waals surface area (Å²) >= 11 is 0. The van der Waals surface area contributed by atoms with Gasteiger partial charge in [0.2, 0.25) is 0 Å². The molecular weight excluding hydrogens is 286 g/mol. The Kier molecular flexibility index (Phi) is 3.92. The molecule has 0 amide bonds. The molecule has 2 aliphatic rings. The number of aromatic nitrogens is 2. The molecule has 1 atom stereocenters. The highest BCUT2D eigenvalue weighted by Crippen LogP contribution is 2.28. The van der Waals surface area contributed by atoms with E-state index in [0.29, 0.717) is 12.5 Å². The smallest absolute Gasteiger partial charge is 0.127 e. The molecule has 0 spiro atoms. The van der Waals surface area contributed by atoms with Crippen LogP contribution in [0.25, 0.3) is 6.08 Å². The number of rotatable bonds is 3. The number of aromatic amines is 1. The molecule has 4 heteroatoms. The highest BCUT2D eigenvalue weighted by Gasteiger charge is 2.24. The van der Waals surface area contributed by atoms with E-state index in [9.17, 15) is 0 Å². The summed E-state index contributed by atoms with van der Waals surface area (Å²) in [6.07, 6.45) is 6.68. The van der Waals surface area contributed by atoms with Gasteiger partial charge in [0.05, 0.1) is 0 Å². The van der Waals surface area contributed by atoms with Crippen molar-refractivity contribution in [2.45, 2.75) is 25.7 Å². The third-order valence-corrected chi connectivity index (χ3v) is 4.73. The SMILES string of the molecule is Cc1cnc([C@@H]2CCCN(CC3=Cc4ccccc4OC3)C2)[nH]1. The second-order valence-electron chi connectivity index (χ2n) is 6.65. The predicted octanol–water partition coefficient (Wildman–Crippen LogP) is 3.37. The molecule has 0 radical (unpaired) electrons. The fourth-order valence-corrected chi connectivity index (χ4v) is 3.60. The van der Waals surface area contributed by atoms with Crippen LogP contribution >= 0.6 is 0 Å². The van der Waals surface area contributed by atoms with Crippen molar-refractivity contribution >= 4 is 6.08 Å². The zero-order chi connectivity index (χ0) is 15.6. The number of fused-ring (bicyclic) bond motifs is 1. The zero-order valence-corrected chi connectivity index (χ0v) is 13.6. The standard InChI is InChI=1S/C19H23N3O/c1-14-10-20-19(21-14)17-6-4-8-22(12-17)11-15-9-16-5-2-3-7-18(16)23-13-15/h2-3,5,7,9-10,17H,4,6,8,11-13H2,1H3,(H,20,21)/t17-/m1/s1. The Bertz CT molecular complexity index is 719. The minimum absolute atomic E-state index is 0.523. The summed E-state index contributed by atoms with van der Waals surface area (Å²) in [5.74, 6) is 2.67. The van der Waals surface area contributed by atoms with Gasteiger partial charge in [-0.3, -0.25) is 4.90 Å². The van der Waals surface area contributed by atoms with E-state index in [-0.39, 0.29) is 0 Å². The highest BCUT2D eigenvalue weighted by atomic mass is 16.5. The number of piperidine rings is 1. The molecule has 1 aromatic heterocycles. The Morgan fingerprint density at radius 2 is 2.26 bits per heavy atom. The number of likely N-dealkylation sites (tertiary alicyclic amines) is 1. The Balaban J connectivity index is 1.44. The lowest BCUT2D eigenvalue weighted by Crippen LogP contribution is -2.37. The normalized spacial score (nSPS) is 21.4. The van der Waals surface area contributed by atoms with Crippen LogP contribution < -0.4 is 4.74 Å². The van der Waals surface area contributed by atoms with Gasteiger partial charge in [0.25, 0.3) is 0 Å². The Labute approximate surface area is 137 Å². The topological polar surface area (TPSA) is 41.2 Å². The van der Waals surface area contributed by atoms with E-state index in [0.717, 1.165) is 36.9 Å². The van der Waals surface area contributed by atoms with Crippen LogP contribution in [0.2, 0.25) is 0 Å². The molecule has 3 heterocycles. The number of ether oxygens (including phenoxy) is 1. The number of para-hydroxylation sites is 1. The van der Waals surface area contributed by atoms with E-state index < -0.39 is 0 Å². The third kappa shape index (κ3) is 3.17. The van der Waals surface area contributed by atoms with Gasteiger partial charge in [-0.2, -0.15) is 0 Å². The average Bonchev–Trinajstić information content (AvgIpc) is 3.02. The lowest BCUT2D eigenvalue weighted by molar-refractivity contribution is 0.211. The number of H-pyrrole nitrogens is 1. The Morgan fingerprint density at radius 3 is 3.13 bits per heavy atom. The van der Waals surface area contributed by atoms with Gasteiger partial charge in [-0.15, -0.1) is 0 Å². The van der Waals surface area contributed by atoms with Crippen molar-refractivity contribution in [3.05, 3.63) is 53.1 Å². The number of imidazole rings is 1. The summed E-state index contributed by atoms with van der Waals surface area (Å²) < 4.78 is 5.88. The van der Waals surface area contributed by atoms with E-state index in [2.05, 4.69) is 40.0 Å². The van der Waals surface area contributed by atoms with E-state index >= 15 is 0 Å². The molecule has 4 nitrogen and oxygen atoms in total. The van der Waals surface area contributed by atoms with Crippen molar-refractivity contribution < 1.29 is 4.74 Å². The molecule has 1 fully saturated rings. The number of hydrogen-bond acceptors (Lipinski definition) is 3. The fourth-order valence-electron chi connectivity index (χ4n) is 3.60. The van der Waals surface area contributed by atoms with Crippen LogP contribution in [0.3, 0.4) is 0 Å². The van der Waals surface area contributed by atoms with Crippen molar-refractivity contribution in [2.24, 2.45) is 0 Å². The maximum atomic E-state index is 5.88. The molecule has 0 unspecified atom stereocenters. The summed E-state index contributed by atoms with van der Waals surface area (Å²) in [6.45, 7) is 6.00. The average molecular weight is 309 g/mol. The molecule has 0 saturated carbocycles. The molecule has 1 N–H and O–H groups in total. The fraction of sp³-hybridized carbons (Fsp3) is 0.421. The lowest BCUT2D eigenvalue weighted by Gasteiger charge is -2.33. The number of aryl methyl sites for hydroxylation is 1. The first-order chi connectivity index (χ1) is 11.3. The Morgan fingerprint density at radius 1 is 1.35 bits per heavy atom. The molecule has 2 aromatic rings. The third-order valence-electron chi connectivity index (χ3n) is 4.73. The second kappa shape index (κ2) is 6.20. The first kappa shape index (κ1) is 14.5. The summed E-state index contributed by atoms with van der Waals surface area (Å²) in [6, 6.07) is 8.26. The minimum atomic E-state index is 0.523. The van der Waals surface area contributed by atoms with E-state index in [1.165, 1.54) is 24.0 Å². The maximum absolute atomic E-state index is 5.88. The van der Waals surface area contributed by atoms with Crippen molar-refractivity contribution in [3.8, 4) is 5.75 Å². The van der Waals surface area contributed by atoms with Gasteiger partial charge in [0, 0.05) is 36.5 Å². The number of nitrogens with zero attached hydrogens (tertiary/aromatic N) is 2. The van der Waals surface area contributed by atoms with E-state index in [4.69, 9.17) is 4.74 Å². The van der Waals surface area contributed by atoms with Gasteiger partial charge in [0.1, 0.15) is 18.2 Å². The first-order valence-electron chi connectivity index (χ1n) is 8.43. The Hall–Kier alpha value is -2.07. The minimum Gasteiger partial charge on any atom is -0.489 e. The van der Waals surface area contributed by atoms with Crippen molar-refractivity contribution in [1.82, 2.24) is 14.9 Å². The summed E-state index contributed by atoms with van der Waals surface area (Å²) in [4.78, 5) is 10.5. The van der Waals surface area contributed by atoms with Gasteiger partial charge in [-0.1, -0.05) is 18.2 Å². The number of hydrogen-bond donors (Lipinski definition) is 1. The summed E-state index contributed by atoms with van der Waals surface area (Å²) in [7, 11) is 0. The van der Waals surface area contributed by atoms with Crippen LogP contribution in [0.5, 0.6) is 5.75 Å². The zero-order valence-electron chi connectivity index (χ0n) is 13.6. The molecule has 1 saturated heterocycles. The second-order valence-corrected chi connectivity index (χ2v) is 6.65. The summed E-state index contributed by atoms with van der Waals surface area (Å²) in [5.41, 5.74) is 3.71. The van der Waals surface area contributed by atoms with Crippen LogP contribution in [0.15, 0.2) is 36.0 Å². The van der Waals surface area contributed by atoms with E-state index in [1.54, 1.807) is 0 Å². The molecule has 0 bridgehead atoms. The molecule has 1 aromatic carbocycles. The molecule has 0 aliphatic carbocycles. The summed E-state index contributed by atoms with van der Waals surface area (Å²) in [5, 5.41) is 0. The molecule has 4 rings (SSSR count). The molecule has 2 aliphatic heterocycles. The lowest BCUT2D eigenvalue weighted by atomic mass is 9.96. The predicted molar refractivity (Wildman–Crippen MR) is 91.7 cm³/mol. The largest absolute Gasteiger partial charge is 0.489 e. The van der Waals surface area contributed by atoms with Gasteiger partial charge < -0.3 is 9.72 Å². The van der Waals surface area contributed by atoms with Gasteiger partial charge in [-0.05, 0) is 44.0 Å².